The first-order valence-electron chi connectivity index (χ1n) is 4.35. The Morgan fingerprint density at radius 1 is 1.12 bits per heavy atom. The molecular formula is C10H6BrFN2O2. The van der Waals surface area contributed by atoms with Crippen molar-refractivity contribution in [3.05, 3.63) is 55.4 Å². The van der Waals surface area contributed by atoms with Gasteiger partial charge in [0.1, 0.15) is 5.82 Å². The summed E-state index contributed by atoms with van der Waals surface area (Å²) in [5.41, 5.74) is -0.926. The Hall–Kier alpha value is -1.69. The summed E-state index contributed by atoms with van der Waals surface area (Å²) >= 11 is 3.19. The molecule has 2 N–H and O–H groups in total. The lowest BCUT2D eigenvalue weighted by Gasteiger charge is -2.02. The molecule has 2 rings (SSSR count). The first-order chi connectivity index (χ1) is 7.56. The highest BCUT2D eigenvalue weighted by atomic mass is 79.9. The first kappa shape index (κ1) is 10.8. The average Bonchev–Trinajstić information content (AvgIpc) is 2.20. The summed E-state index contributed by atoms with van der Waals surface area (Å²) in [5, 5.41) is 0. The van der Waals surface area contributed by atoms with E-state index >= 15 is 0 Å². The topological polar surface area (TPSA) is 65.7 Å². The van der Waals surface area contributed by atoms with E-state index in [1.807, 2.05) is 4.98 Å². The quantitative estimate of drug-likeness (QED) is 0.836. The highest BCUT2D eigenvalue weighted by molar-refractivity contribution is 9.10. The lowest BCUT2D eigenvalue weighted by Crippen LogP contribution is -2.21. The summed E-state index contributed by atoms with van der Waals surface area (Å²) in [6.45, 7) is 0. The van der Waals surface area contributed by atoms with Crippen molar-refractivity contribution in [2.45, 2.75) is 0 Å². The molecule has 2 aromatic rings. The van der Waals surface area contributed by atoms with E-state index in [1.54, 1.807) is 0 Å². The zero-order valence-electron chi connectivity index (χ0n) is 7.88. The van der Waals surface area contributed by atoms with Crippen LogP contribution in [0.5, 0.6) is 0 Å². The van der Waals surface area contributed by atoms with Gasteiger partial charge in [0.15, 0.2) is 0 Å². The van der Waals surface area contributed by atoms with Gasteiger partial charge in [-0.1, -0.05) is 15.9 Å². The molecular weight excluding hydrogens is 279 g/mol. The number of hydrogen-bond donors (Lipinski definition) is 2. The van der Waals surface area contributed by atoms with Crippen LogP contribution in [0.1, 0.15) is 0 Å². The van der Waals surface area contributed by atoms with Gasteiger partial charge >= 0.3 is 5.69 Å². The number of hydrogen-bond acceptors (Lipinski definition) is 2. The minimum atomic E-state index is -0.665. The lowest BCUT2D eigenvalue weighted by atomic mass is 10.1. The van der Waals surface area contributed by atoms with Gasteiger partial charge in [-0.2, -0.15) is 0 Å². The number of H-pyrrole nitrogens is 2. The van der Waals surface area contributed by atoms with Gasteiger partial charge in [-0.05, 0) is 18.2 Å². The van der Waals surface area contributed by atoms with E-state index < -0.39 is 17.1 Å². The number of halogens is 2. The maximum atomic E-state index is 13.5. The molecule has 6 heteroatoms. The standard InChI is InChI=1S/C10H6BrFN2O2/c11-5-1-2-7(12)6(3-5)8-4-9(15)14-10(16)13-8/h1-4H,(H2,13,14,15,16). The summed E-state index contributed by atoms with van der Waals surface area (Å²) in [6.07, 6.45) is 0. The maximum Gasteiger partial charge on any atom is 0.326 e. The molecule has 16 heavy (non-hydrogen) atoms. The second-order valence-electron chi connectivity index (χ2n) is 3.13. The monoisotopic (exact) mass is 284 g/mol. The van der Waals surface area contributed by atoms with Crippen LogP contribution in [0.3, 0.4) is 0 Å². The van der Waals surface area contributed by atoms with E-state index in [0.717, 1.165) is 6.07 Å². The van der Waals surface area contributed by atoms with Gasteiger partial charge in [0, 0.05) is 16.1 Å². The van der Waals surface area contributed by atoms with Crippen molar-refractivity contribution in [2.75, 3.05) is 0 Å². The van der Waals surface area contributed by atoms with Gasteiger partial charge in [0.2, 0.25) is 0 Å². The number of rotatable bonds is 1. The second kappa shape index (κ2) is 4.05. The van der Waals surface area contributed by atoms with Gasteiger partial charge in [-0.3, -0.25) is 9.78 Å². The second-order valence-corrected chi connectivity index (χ2v) is 4.04. The molecule has 0 unspecified atom stereocenters. The van der Waals surface area contributed by atoms with Crippen LogP contribution in [0.15, 0.2) is 38.3 Å². The Bertz CT molecular complexity index is 620. The fourth-order valence-corrected chi connectivity index (χ4v) is 1.68. The summed E-state index contributed by atoms with van der Waals surface area (Å²) in [5.74, 6) is -0.510. The molecule has 0 saturated carbocycles. The van der Waals surface area contributed by atoms with Gasteiger partial charge < -0.3 is 4.98 Å². The van der Waals surface area contributed by atoms with E-state index in [9.17, 15) is 14.0 Å². The van der Waals surface area contributed by atoms with Crippen molar-refractivity contribution in [1.82, 2.24) is 9.97 Å². The minimum absolute atomic E-state index is 0.146. The molecule has 1 aromatic heterocycles. The molecule has 0 aliphatic carbocycles. The van der Waals surface area contributed by atoms with Crippen LogP contribution in [-0.2, 0) is 0 Å². The molecule has 82 valence electrons. The molecule has 0 fully saturated rings. The van der Waals surface area contributed by atoms with Crippen LogP contribution in [-0.4, -0.2) is 9.97 Å². The molecule has 0 atom stereocenters. The van der Waals surface area contributed by atoms with Crippen LogP contribution in [0.4, 0.5) is 4.39 Å². The third kappa shape index (κ3) is 2.11. The number of aromatic nitrogens is 2. The van der Waals surface area contributed by atoms with Crippen molar-refractivity contribution in [2.24, 2.45) is 0 Å². The van der Waals surface area contributed by atoms with E-state index in [1.165, 1.54) is 18.2 Å². The fraction of sp³-hybridized carbons (Fsp3) is 0. The average molecular weight is 285 g/mol. The normalized spacial score (nSPS) is 10.4. The number of benzene rings is 1. The fourth-order valence-electron chi connectivity index (χ4n) is 1.32. The largest absolute Gasteiger partial charge is 0.326 e. The van der Waals surface area contributed by atoms with Crippen molar-refractivity contribution < 1.29 is 4.39 Å². The van der Waals surface area contributed by atoms with Crippen LogP contribution < -0.4 is 11.2 Å². The van der Waals surface area contributed by atoms with Crippen molar-refractivity contribution >= 4 is 15.9 Å². The number of nitrogens with one attached hydrogen (secondary N) is 2. The smallest absolute Gasteiger partial charge is 0.307 e. The first-order valence-corrected chi connectivity index (χ1v) is 5.14. The predicted octanol–water partition coefficient (Wildman–Crippen LogP) is 1.63. The third-order valence-electron chi connectivity index (χ3n) is 1.98. The summed E-state index contributed by atoms with van der Waals surface area (Å²) in [7, 11) is 0. The summed E-state index contributed by atoms with van der Waals surface area (Å²) in [6, 6.07) is 5.40. The van der Waals surface area contributed by atoms with Crippen molar-refractivity contribution in [3.63, 3.8) is 0 Å². The maximum absolute atomic E-state index is 13.5. The molecule has 4 nitrogen and oxygen atoms in total. The molecule has 0 saturated heterocycles. The van der Waals surface area contributed by atoms with Crippen LogP contribution in [0.2, 0.25) is 0 Å². The van der Waals surface area contributed by atoms with Crippen molar-refractivity contribution in [1.29, 1.82) is 0 Å². The predicted molar refractivity (Wildman–Crippen MR) is 60.8 cm³/mol. The Kier molecular flexibility index (Phi) is 2.74. The Balaban J connectivity index is 2.71. The van der Waals surface area contributed by atoms with Gasteiger partial charge in [-0.15, -0.1) is 0 Å². The Morgan fingerprint density at radius 2 is 1.88 bits per heavy atom. The summed E-state index contributed by atoms with van der Waals surface area (Å²) in [4.78, 5) is 26.5. The highest BCUT2D eigenvalue weighted by Gasteiger charge is 2.07. The SMILES string of the molecule is O=c1cc(-c2cc(Br)ccc2F)[nH]c(=O)[nH]1. The van der Waals surface area contributed by atoms with Crippen molar-refractivity contribution in [3.8, 4) is 11.3 Å². The zero-order chi connectivity index (χ0) is 11.7. The van der Waals surface area contributed by atoms with E-state index in [4.69, 9.17) is 0 Å². The lowest BCUT2D eigenvalue weighted by molar-refractivity contribution is 0.630. The zero-order valence-corrected chi connectivity index (χ0v) is 9.47. The highest BCUT2D eigenvalue weighted by Crippen LogP contribution is 2.23. The van der Waals surface area contributed by atoms with Crippen LogP contribution >= 0.6 is 15.9 Å². The molecule has 0 bridgehead atoms. The van der Waals surface area contributed by atoms with Gasteiger partial charge in [-0.25, -0.2) is 9.18 Å². The molecule has 0 spiro atoms. The molecule has 0 aliphatic rings. The number of aromatic amines is 2. The van der Waals surface area contributed by atoms with Gasteiger partial charge in [0.25, 0.3) is 5.56 Å². The molecule has 0 radical (unpaired) electrons. The van der Waals surface area contributed by atoms with Gasteiger partial charge in [0.05, 0.1) is 5.69 Å². The molecule has 0 amide bonds. The Labute approximate surface area is 97.3 Å². The minimum Gasteiger partial charge on any atom is -0.307 e. The van der Waals surface area contributed by atoms with Crippen LogP contribution in [0, 0.1) is 5.82 Å². The molecule has 1 aromatic carbocycles. The van der Waals surface area contributed by atoms with E-state index in [2.05, 4.69) is 20.9 Å². The molecule has 1 heterocycles. The van der Waals surface area contributed by atoms with E-state index in [-0.39, 0.29) is 11.3 Å². The summed E-state index contributed by atoms with van der Waals surface area (Å²) < 4.78 is 14.1. The van der Waals surface area contributed by atoms with Crippen LogP contribution in [0.25, 0.3) is 11.3 Å². The van der Waals surface area contributed by atoms with E-state index in [0.29, 0.717) is 4.47 Å². The Morgan fingerprint density at radius 3 is 2.56 bits per heavy atom. The third-order valence-corrected chi connectivity index (χ3v) is 2.47. The molecule has 0 aliphatic heterocycles.